The Bertz CT molecular complexity index is 1890. The zero-order valence-corrected chi connectivity index (χ0v) is 26.6. The normalized spacial score (nSPS) is 21.4. The number of pyridine rings is 1. The van der Waals surface area contributed by atoms with E-state index in [1.807, 2.05) is 24.8 Å². The van der Waals surface area contributed by atoms with Crippen molar-refractivity contribution in [2.24, 2.45) is 5.92 Å². The summed E-state index contributed by atoms with van der Waals surface area (Å²) in [6, 6.07) is 6.77. The second kappa shape index (κ2) is 12.1. The standard InChI is InChI=1S/C33H32ClF3N8O2/c1-18(2)7-25-22(11-38)31(19-3-4-27-28(8-19)47-17-30(46)44(27)16-29-39-12-20(34)13-40-29)23-14-41-45(32(23)42-25)26-5-6-43(15-24(26)35)21-9-33(36,37)10-21/h3-4,8,12-14,18,21,24,26H,5-7,9-10,15-17H2,1-2H3/t24-,26+/m1/s1. The number of benzene rings is 1. The largest absolute Gasteiger partial charge is 0.482 e. The van der Waals surface area contributed by atoms with Crippen LogP contribution >= 0.6 is 11.6 Å². The Balaban J connectivity index is 1.26. The van der Waals surface area contributed by atoms with Gasteiger partial charge in [0.25, 0.3) is 11.8 Å². The van der Waals surface area contributed by atoms with E-state index in [-0.39, 0.29) is 50.4 Å². The monoisotopic (exact) mass is 664 g/mol. The molecule has 0 N–H and O–H groups in total. The maximum absolute atomic E-state index is 15.8. The molecule has 10 nitrogen and oxygen atoms in total. The van der Waals surface area contributed by atoms with Gasteiger partial charge in [0, 0.05) is 55.3 Å². The van der Waals surface area contributed by atoms with E-state index < -0.39 is 18.1 Å². The molecule has 2 fully saturated rings. The number of likely N-dealkylation sites (tertiary alicyclic amines) is 1. The van der Waals surface area contributed by atoms with Gasteiger partial charge in [0.05, 0.1) is 40.8 Å². The summed E-state index contributed by atoms with van der Waals surface area (Å²) in [5, 5.41) is 16.0. The van der Waals surface area contributed by atoms with Gasteiger partial charge >= 0.3 is 0 Å². The fourth-order valence-electron chi connectivity index (χ4n) is 6.81. The number of ether oxygens (including phenoxy) is 1. The minimum atomic E-state index is -2.67. The number of nitriles is 1. The molecule has 0 spiro atoms. The molecular formula is C33H32ClF3N8O2. The third kappa shape index (κ3) is 5.89. The van der Waals surface area contributed by atoms with E-state index in [0.29, 0.717) is 75.1 Å². The number of carbonyl (C=O) groups excluding carboxylic acids is 1. The van der Waals surface area contributed by atoms with Crippen molar-refractivity contribution in [2.45, 2.75) is 70.3 Å². The van der Waals surface area contributed by atoms with E-state index in [1.165, 1.54) is 12.4 Å². The molecule has 0 bridgehead atoms. The quantitative estimate of drug-likeness (QED) is 0.239. The van der Waals surface area contributed by atoms with Crippen LogP contribution in [0.2, 0.25) is 5.02 Å². The molecule has 0 unspecified atom stereocenters. The summed E-state index contributed by atoms with van der Waals surface area (Å²) in [6.07, 6.45) is 3.64. The molecule has 1 aliphatic carbocycles. The molecule has 244 valence electrons. The third-order valence-corrected chi connectivity index (χ3v) is 9.33. The van der Waals surface area contributed by atoms with Gasteiger partial charge in [-0.1, -0.05) is 31.5 Å². The van der Waals surface area contributed by atoms with Gasteiger partial charge in [-0.2, -0.15) is 10.4 Å². The number of fused-ring (bicyclic) bond motifs is 2. The summed E-state index contributed by atoms with van der Waals surface area (Å²) in [7, 11) is 0. The van der Waals surface area contributed by atoms with Crippen LogP contribution in [0.3, 0.4) is 0 Å². The van der Waals surface area contributed by atoms with E-state index in [4.69, 9.17) is 21.3 Å². The van der Waals surface area contributed by atoms with Crippen molar-refractivity contribution in [3.8, 4) is 22.9 Å². The first kappa shape index (κ1) is 31.3. The Kier molecular flexibility index (Phi) is 8.04. The number of hydrogen-bond donors (Lipinski definition) is 0. The van der Waals surface area contributed by atoms with Crippen LogP contribution in [-0.4, -0.2) is 73.4 Å². The SMILES string of the molecule is CC(C)Cc1nc2c(cnn2[C@H]2CCN(C3CC(F)(F)C3)C[C@H]2F)c(-c2ccc3c(c2)OCC(=O)N3Cc2ncc(Cl)cn2)c1C#N. The van der Waals surface area contributed by atoms with Crippen LogP contribution < -0.4 is 9.64 Å². The lowest BCUT2D eigenvalue weighted by atomic mass is 9.85. The van der Waals surface area contributed by atoms with Crippen LogP contribution in [0.1, 0.15) is 56.2 Å². The lowest BCUT2D eigenvalue weighted by Gasteiger charge is -2.46. The fraction of sp³-hybridized carbons (Fsp3) is 0.455. The predicted octanol–water partition coefficient (Wildman–Crippen LogP) is 5.92. The van der Waals surface area contributed by atoms with Crippen LogP contribution in [0.15, 0.2) is 36.8 Å². The van der Waals surface area contributed by atoms with E-state index in [9.17, 15) is 18.8 Å². The first-order chi connectivity index (χ1) is 22.5. The van der Waals surface area contributed by atoms with Crippen LogP contribution in [0, 0.1) is 17.2 Å². The summed E-state index contributed by atoms with van der Waals surface area (Å²) in [4.78, 5) is 29.6. The third-order valence-electron chi connectivity index (χ3n) is 9.13. The second-order valence-electron chi connectivity index (χ2n) is 12.9. The topological polar surface area (TPSA) is 113 Å². The predicted molar refractivity (Wildman–Crippen MR) is 168 cm³/mol. The molecule has 1 aromatic carbocycles. The fourth-order valence-corrected chi connectivity index (χ4v) is 6.91. The highest BCUT2D eigenvalue weighted by atomic mass is 35.5. The number of anilines is 1. The van der Waals surface area contributed by atoms with Crippen molar-refractivity contribution < 1.29 is 22.7 Å². The Morgan fingerprint density at radius 1 is 1.19 bits per heavy atom. The highest BCUT2D eigenvalue weighted by Crippen LogP contribution is 2.44. The maximum Gasteiger partial charge on any atom is 0.265 e. The van der Waals surface area contributed by atoms with Gasteiger partial charge in [0.15, 0.2) is 12.3 Å². The zero-order valence-electron chi connectivity index (χ0n) is 25.8. The van der Waals surface area contributed by atoms with Gasteiger partial charge in [-0.25, -0.2) is 32.8 Å². The first-order valence-corrected chi connectivity index (χ1v) is 16.0. The molecule has 5 heterocycles. The number of alkyl halides is 3. The molecule has 1 saturated heterocycles. The Hall–Kier alpha value is -4.28. The number of aromatic nitrogens is 5. The number of piperidine rings is 1. The van der Waals surface area contributed by atoms with Crippen molar-refractivity contribution in [1.82, 2.24) is 29.6 Å². The molecule has 47 heavy (non-hydrogen) atoms. The van der Waals surface area contributed by atoms with Crippen LogP contribution in [0.25, 0.3) is 22.2 Å². The zero-order chi connectivity index (χ0) is 33.0. The Labute approximate surface area is 274 Å². The number of hydrogen-bond acceptors (Lipinski definition) is 8. The number of nitrogens with zero attached hydrogens (tertiary/aromatic N) is 8. The lowest BCUT2D eigenvalue weighted by Crippen LogP contribution is -2.55. The number of rotatable bonds is 7. The highest BCUT2D eigenvalue weighted by molar-refractivity contribution is 6.30. The van der Waals surface area contributed by atoms with E-state index in [1.54, 1.807) is 27.9 Å². The minimum Gasteiger partial charge on any atom is -0.482 e. The summed E-state index contributed by atoms with van der Waals surface area (Å²) >= 11 is 5.93. The van der Waals surface area contributed by atoms with Crippen LogP contribution in [0.5, 0.6) is 5.75 Å². The second-order valence-corrected chi connectivity index (χ2v) is 13.3. The summed E-state index contributed by atoms with van der Waals surface area (Å²) in [5.41, 5.74) is 3.21. The number of amides is 1. The van der Waals surface area contributed by atoms with E-state index >= 15 is 4.39 Å². The van der Waals surface area contributed by atoms with Gasteiger partial charge in [0.2, 0.25) is 0 Å². The van der Waals surface area contributed by atoms with Crippen molar-refractivity contribution in [3.63, 3.8) is 0 Å². The average Bonchev–Trinajstić information content (AvgIpc) is 3.44. The first-order valence-electron chi connectivity index (χ1n) is 15.6. The smallest absolute Gasteiger partial charge is 0.265 e. The van der Waals surface area contributed by atoms with Gasteiger partial charge in [-0.3, -0.25) is 14.6 Å². The van der Waals surface area contributed by atoms with Crippen molar-refractivity contribution >= 4 is 34.2 Å². The molecule has 1 amide bonds. The van der Waals surface area contributed by atoms with Gasteiger partial charge < -0.3 is 4.74 Å². The van der Waals surface area contributed by atoms with E-state index in [0.717, 1.165) is 0 Å². The molecular weight excluding hydrogens is 633 g/mol. The van der Waals surface area contributed by atoms with Crippen molar-refractivity contribution in [1.29, 1.82) is 5.26 Å². The highest BCUT2D eigenvalue weighted by Gasteiger charge is 2.49. The van der Waals surface area contributed by atoms with E-state index in [2.05, 4.69) is 21.1 Å². The summed E-state index contributed by atoms with van der Waals surface area (Å²) in [6.45, 7) is 4.52. The number of carbonyl (C=O) groups is 1. The van der Waals surface area contributed by atoms with Gasteiger partial charge in [0.1, 0.15) is 23.8 Å². The summed E-state index contributed by atoms with van der Waals surface area (Å²) in [5.74, 6) is -1.89. The van der Waals surface area contributed by atoms with Crippen molar-refractivity contribution in [3.05, 3.63) is 58.9 Å². The van der Waals surface area contributed by atoms with Gasteiger partial charge in [-0.05, 0) is 36.5 Å². The Morgan fingerprint density at radius 2 is 1.96 bits per heavy atom. The molecule has 2 aliphatic heterocycles. The minimum absolute atomic E-state index is 0.0488. The summed E-state index contributed by atoms with van der Waals surface area (Å²) < 4.78 is 50.3. The molecule has 14 heteroatoms. The molecule has 3 aromatic heterocycles. The average molecular weight is 665 g/mol. The molecule has 4 aromatic rings. The Morgan fingerprint density at radius 3 is 2.64 bits per heavy atom. The van der Waals surface area contributed by atoms with Gasteiger partial charge in [-0.15, -0.1) is 0 Å². The molecule has 0 radical (unpaired) electrons. The number of halogens is 4. The van der Waals surface area contributed by atoms with Crippen molar-refractivity contribution in [2.75, 3.05) is 24.6 Å². The maximum atomic E-state index is 15.8. The molecule has 3 aliphatic rings. The molecule has 1 saturated carbocycles. The molecule has 7 rings (SSSR count). The lowest BCUT2D eigenvalue weighted by molar-refractivity contribution is -0.133. The molecule has 2 atom stereocenters. The van der Waals surface area contributed by atoms with Crippen LogP contribution in [0.4, 0.5) is 18.9 Å². The van der Waals surface area contributed by atoms with Crippen LogP contribution in [-0.2, 0) is 17.8 Å².